The van der Waals surface area contributed by atoms with Crippen LogP contribution in [0.15, 0.2) is 100 Å². The van der Waals surface area contributed by atoms with Crippen LogP contribution in [0.25, 0.3) is 11.1 Å². The molecule has 0 heterocycles. The minimum absolute atomic E-state index is 0.985. The van der Waals surface area contributed by atoms with Crippen molar-refractivity contribution >= 4 is 14.0 Å². The van der Waals surface area contributed by atoms with Crippen LogP contribution < -0.4 is 9.81 Å². The molecule has 0 bridgehead atoms. The third-order valence-corrected chi connectivity index (χ3v) is 27.0. The summed E-state index contributed by atoms with van der Waals surface area (Å²) < 4.78 is 11.8. The first-order valence-corrected chi connectivity index (χ1v) is 22.8. The van der Waals surface area contributed by atoms with Crippen molar-refractivity contribution in [3.8, 4) is 11.1 Å². The Labute approximate surface area is 254 Å². The summed E-state index contributed by atoms with van der Waals surface area (Å²) in [5, 5.41) is 0. The van der Waals surface area contributed by atoms with Crippen molar-refractivity contribution in [2.75, 3.05) is 0 Å². The van der Waals surface area contributed by atoms with Crippen LogP contribution in [0, 0.1) is 13.8 Å². The van der Waals surface area contributed by atoms with Crippen molar-refractivity contribution in [2.24, 2.45) is 0 Å². The van der Waals surface area contributed by atoms with Crippen LogP contribution in [0.1, 0.15) is 79.3 Å². The minimum atomic E-state index is -4.68. The molecule has 0 atom stereocenters. The van der Waals surface area contributed by atoms with Crippen molar-refractivity contribution in [1.82, 2.24) is 0 Å². The molecule has 2 aliphatic rings. The van der Waals surface area contributed by atoms with Gasteiger partial charge in [-0.3, -0.25) is 0 Å². The molecule has 0 aliphatic heterocycles. The Kier molecular flexibility index (Phi) is 8.10. The zero-order valence-electron chi connectivity index (χ0n) is 26.1. The fourth-order valence-electron chi connectivity index (χ4n) is 7.97. The molecule has 0 amide bonds. The normalized spacial score (nSPS) is 14.2. The molecule has 1 heteroatoms. The Bertz CT molecular complexity index is 1690. The van der Waals surface area contributed by atoms with Gasteiger partial charge in [-0.2, -0.15) is 0 Å². The van der Waals surface area contributed by atoms with Gasteiger partial charge >= 0.3 is 256 Å². The fourth-order valence-corrected chi connectivity index (χ4v) is 24.3. The van der Waals surface area contributed by atoms with Crippen LogP contribution in [0.3, 0.4) is 0 Å². The molecular weight excluding hydrogens is 584 g/mol. The molecule has 214 valence electrons. The average Bonchev–Trinajstić information content (AvgIpc) is 3.68. The Morgan fingerprint density at radius 1 is 0.714 bits per heavy atom. The summed E-state index contributed by atoms with van der Waals surface area (Å²) in [5.74, 6) is 0. The van der Waals surface area contributed by atoms with E-state index in [1.165, 1.54) is 76.7 Å². The summed E-state index contributed by atoms with van der Waals surface area (Å²) in [5.41, 5.74) is 11.4. The first-order valence-electron chi connectivity index (χ1n) is 16.2. The summed E-state index contributed by atoms with van der Waals surface area (Å²) in [6.07, 6.45) is 16.3. The number of benzene rings is 4. The standard InChI is InChI=1S/C15H13.2C10H13.C5H5.CH2.Zr/c1-10-3-5-14-12(7-10)9-13-8-11(2)4-6-15(13)14;2*1-2-3-7-10-8-5-4-6-9-10;1-2-4-5-3-1;;/h3-7H,9H2,1-2H3;2*5-6,8-9H,2-3,7H2,1H3;1-3H,4H2;1H2;. The molecule has 0 N–H and O–H groups in total. The van der Waals surface area contributed by atoms with Gasteiger partial charge in [0.2, 0.25) is 0 Å². The van der Waals surface area contributed by atoms with Crippen LogP contribution >= 0.6 is 0 Å². The van der Waals surface area contributed by atoms with Crippen molar-refractivity contribution in [3.63, 3.8) is 0 Å². The van der Waals surface area contributed by atoms with Crippen molar-refractivity contribution in [1.29, 1.82) is 0 Å². The topological polar surface area (TPSA) is 0 Å². The molecule has 0 spiro atoms. The van der Waals surface area contributed by atoms with Crippen LogP contribution in [0.5, 0.6) is 0 Å². The van der Waals surface area contributed by atoms with Gasteiger partial charge in [-0.15, -0.1) is 0 Å². The molecule has 0 nitrogen and oxygen atoms in total. The number of unbranched alkanes of at least 4 members (excludes halogenated alkanes) is 2. The SMILES string of the molecule is [CH2]=[Zr]([C]1=CC=CC1)([c]1ccc(CCCC)cc1)([c]1ccc(CCCC)cc1)[c]1c(C)ccc2c1Cc1cc(C)ccc1-2. The summed E-state index contributed by atoms with van der Waals surface area (Å²) in [6, 6.07) is 31.4. The van der Waals surface area contributed by atoms with E-state index in [0.29, 0.717) is 0 Å². The van der Waals surface area contributed by atoms with E-state index in [0.717, 1.165) is 25.7 Å². The number of rotatable bonds is 10. The van der Waals surface area contributed by atoms with E-state index in [1.54, 1.807) is 6.55 Å². The quantitative estimate of drug-likeness (QED) is 0.145. The summed E-state index contributed by atoms with van der Waals surface area (Å²) in [7, 11) is 0. The van der Waals surface area contributed by atoms with Gasteiger partial charge in [0.25, 0.3) is 0 Å². The van der Waals surface area contributed by atoms with Gasteiger partial charge in [-0.25, -0.2) is 0 Å². The zero-order chi connectivity index (χ0) is 29.3. The molecule has 0 saturated carbocycles. The Morgan fingerprint density at radius 2 is 1.31 bits per heavy atom. The van der Waals surface area contributed by atoms with Gasteiger partial charge in [0.15, 0.2) is 0 Å². The Morgan fingerprint density at radius 3 is 1.86 bits per heavy atom. The second kappa shape index (κ2) is 11.7. The van der Waals surface area contributed by atoms with E-state index in [2.05, 4.69) is 125 Å². The van der Waals surface area contributed by atoms with E-state index < -0.39 is 18.3 Å². The summed E-state index contributed by atoms with van der Waals surface area (Å²) in [6.45, 7) is 9.14. The molecule has 4 aromatic rings. The Balaban J connectivity index is 1.68. The zero-order valence-corrected chi connectivity index (χ0v) is 28.6. The van der Waals surface area contributed by atoms with Crippen LogP contribution in [-0.2, 0) is 37.6 Å². The van der Waals surface area contributed by atoms with Gasteiger partial charge in [0.1, 0.15) is 0 Å². The van der Waals surface area contributed by atoms with Crippen LogP contribution in [0.2, 0.25) is 0 Å². The number of fused-ring (bicyclic) bond motifs is 3. The maximum atomic E-state index is 5.70. The van der Waals surface area contributed by atoms with Crippen molar-refractivity contribution < 1.29 is 18.3 Å². The number of aryl methyl sites for hydroxylation is 4. The first-order chi connectivity index (χ1) is 20.4. The average molecular weight is 630 g/mol. The van der Waals surface area contributed by atoms with Crippen LogP contribution in [0.4, 0.5) is 0 Å². The molecular formula is C41H46Zr. The summed E-state index contributed by atoms with van der Waals surface area (Å²) >= 11 is -4.68. The third-order valence-electron chi connectivity index (χ3n) is 10.3. The van der Waals surface area contributed by atoms with E-state index >= 15 is 0 Å². The molecule has 0 saturated heterocycles. The molecule has 6 rings (SSSR count). The van der Waals surface area contributed by atoms with Gasteiger partial charge in [-0.1, -0.05) is 0 Å². The third kappa shape index (κ3) is 4.64. The van der Waals surface area contributed by atoms with Crippen molar-refractivity contribution in [2.45, 2.75) is 79.1 Å². The molecule has 42 heavy (non-hydrogen) atoms. The second-order valence-corrected chi connectivity index (χ2v) is 25.8. The van der Waals surface area contributed by atoms with E-state index in [1.807, 2.05) is 0 Å². The molecule has 4 aromatic carbocycles. The van der Waals surface area contributed by atoms with E-state index in [4.69, 9.17) is 4.21 Å². The van der Waals surface area contributed by atoms with Gasteiger partial charge < -0.3 is 0 Å². The number of hydrogen-bond acceptors (Lipinski definition) is 0. The molecule has 0 radical (unpaired) electrons. The Hall–Kier alpha value is -2.89. The molecule has 2 aliphatic carbocycles. The molecule has 0 fully saturated rings. The van der Waals surface area contributed by atoms with Gasteiger partial charge in [0.05, 0.1) is 0 Å². The second-order valence-electron chi connectivity index (χ2n) is 13.0. The first kappa shape index (κ1) is 29.2. The maximum absolute atomic E-state index is 5.70. The predicted molar refractivity (Wildman–Crippen MR) is 182 cm³/mol. The number of hydrogen-bond donors (Lipinski definition) is 0. The van der Waals surface area contributed by atoms with E-state index in [9.17, 15) is 0 Å². The molecule has 0 unspecified atom stereocenters. The summed E-state index contributed by atoms with van der Waals surface area (Å²) in [4.78, 5) is 0. The predicted octanol–water partition coefficient (Wildman–Crippen LogP) is 8.80. The van der Waals surface area contributed by atoms with E-state index in [-0.39, 0.29) is 0 Å². The van der Waals surface area contributed by atoms with Crippen molar-refractivity contribution in [3.05, 3.63) is 134 Å². The monoisotopic (exact) mass is 628 g/mol. The fraction of sp³-hybridized carbons (Fsp3) is 0.293. The van der Waals surface area contributed by atoms with Gasteiger partial charge in [0, 0.05) is 0 Å². The number of allylic oxidation sites excluding steroid dienone is 4. The van der Waals surface area contributed by atoms with Crippen LogP contribution in [-0.4, -0.2) is 4.21 Å². The van der Waals surface area contributed by atoms with Gasteiger partial charge in [-0.05, 0) is 0 Å². The molecule has 0 aromatic heterocycles.